The average molecular weight is 622 g/mol. The number of hydrogen-bond donors (Lipinski definition) is 2. The SMILES string of the molecule is CCOc1cc(/C=C2\SC(Nc3ccccc3)N([C@H]3CCCC[C@H]3C)C2=O)cc(I)c1OCC(N)=O. The van der Waals surface area contributed by atoms with Gasteiger partial charge in [0, 0.05) is 11.7 Å². The Hall–Kier alpha value is -2.40. The molecule has 0 spiro atoms. The first-order valence-corrected chi connectivity index (χ1v) is 14.2. The monoisotopic (exact) mass is 621 g/mol. The van der Waals surface area contributed by atoms with E-state index in [1.54, 1.807) is 11.8 Å². The Kier molecular flexibility index (Phi) is 9.05. The number of ether oxygens (including phenoxy) is 2. The van der Waals surface area contributed by atoms with E-state index >= 15 is 0 Å². The van der Waals surface area contributed by atoms with Crippen molar-refractivity contribution in [2.75, 3.05) is 18.5 Å². The van der Waals surface area contributed by atoms with Crippen LogP contribution in [0, 0.1) is 9.49 Å². The highest BCUT2D eigenvalue weighted by Gasteiger charge is 2.42. The second-order valence-corrected chi connectivity index (χ2v) is 11.3. The minimum atomic E-state index is -0.554. The van der Waals surface area contributed by atoms with Crippen molar-refractivity contribution in [2.45, 2.75) is 51.1 Å². The minimum Gasteiger partial charge on any atom is -0.490 e. The van der Waals surface area contributed by atoms with Gasteiger partial charge in [-0.2, -0.15) is 0 Å². The number of benzene rings is 2. The molecule has 2 fully saturated rings. The van der Waals surface area contributed by atoms with E-state index in [2.05, 4.69) is 34.8 Å². The van der Waals surface area contributed by atoms with Crippen LogP contribution in [-0.4, -0.2) is 41.5 Å². The number of hydrogen-bond acceptors (Lipinski definition) is 6. The van der Waals surface area contributed by atoms with Crippen molar-refractivity contribution in [1.29, 1.82) is 0 Å². The fourth-order valence-electron chi connectivity index (χ4n) is 4.74. The zero-order valence-electron chi connectivity index (χ0n) is 20.5. The van der Waals surface area contributed by atoms with Crippen LogP contribution < -0.4 is 20.5 Å². The summed E-state index contributed by atoms with van der Waals surface area (Å²) < 4.78 is 12.2. The van der Waals surface area contributed by atoms with E-state index in [0.29, 0.717) is 28.9 Å². The van der Waals surface area contributed by atoms with Crippen LogP contribution in [0.3, 0.4) is 0 Å². The van der Waals surface area contributed by atoms with Crippen molar-refractivity contribution in [2.24, 2.45) is 11.7 Å². The van der Waals surface area contributed by atoms with E-state index in [9.17, 15) is 9.59 Å². The number of nitrogens with zero attached hydrogens (tertiary/aromatic N) is 1. The van der Waals surface area contributed by atoms with E-state index in [1.165, 1.54) is 6.42 Å². The smallest absolute Gasteiger partial charge is 0.262 e. The van der Waals surface area contributed by atoms with E-state index < -0.39 is 5.91 Å². The van der Waals surface area contributed by atoms with Crippen LogP contribution in [0.4, 0.5) is 5.69 Å². The Balaban J connectivity index is 1.66. The van der Waals surface area contributed by atoms with Gasteiger partial charge in [0.2, 0.25) is 0 Å². The second-order valence-electron chi connectivity index (χ2n) is 9.05. The molecular weight excluding hydrogens is 589 g/mol. The number of thioether (sulfide) groups is 1. The van der Waals surface area contributed by atoms with E-state index in [1.807, 2.05) is 60.4 Å². The number of halogens is 1. The lowest BCUT2D eigenvalue weighted by Gasteiger charge is -2.39. The van der Waals surface area contributed by atoms with Crippen molar-refractivity contribution < 1.29 is 19.1 Å². The zero-order chi connectivity index (χ0) is 25.7. The largest absolute Gasteiger partial charge is 0.490 e. The van der Waals surface area contributed by atoms with Gasteiger partial charge in [0.25, 0.3) is 11.8 Å². The van der Waals surface area contributed by atoms with Crippen LogP contribution in [0.25, 0.3) is 6.08 Å². The zero-order valence-corrected chi connectivity index (χ0v) is 23.5. The Labute approximate surface area is 230 Å². The second kappa shape index (κ2) is 12.2. The van der Waals surface area contributed by atoms with Gasteiger partial charge in [-0.15, -0.1) is 0 Å². The molecule has 1 unspecified atom stereocenters. The summed E-state index contributed by atoms with van der Waals surface area (Å²) in [4.78, 5) is 27.7. The Morgan fingerprint density at radius 2 is 1.97 bits per heavy atom. The minimum absolute atomic E-state index is 0.0502. The first-order chi connectivity index (χ1) is 17.4. The van der Waals surface area contributed by atoms with Crippen LogP contribution in [0.1, 0.15) is 45.1 Å². The molecule has 0 bridgehead atoms. The molecule has 36 heavy (non-hydrogen) atoms. The quantitative estimate of drug-likeness (QED) is 0.286. The molecule has 192 valence electrons. The van der Waals surface area contributed by atoms with Crippen LogP contribution in [0.2, 0.25) is 0 Å². The van der Waals surface area contributed by atoms with Crippen LogP contribution >= 0.6 is 34.4 Å². The molecule has 2 amide bonds. The van der Waals surface area contributed by atoms with Crippen molar-refractivity contribution in [3.63, 3.8) is 0 Å². The number of carbonyl (C=O) groups is 2. The number of nitrogens with two attached hydrogens (primary N) is 1. The third kappa shape index (κ3) is 6.29. The normalized spacial score (nSPS) is 23.1. The summed E-state index contributed by atoms with van der Waals surface area (Å²) in [5, 5.41) is 3.57. The van der Waals surface area contributed by atoms with Gasteiger partial charge in [0.05, 0.1) is 15.1 Å². The highest BCUT2D eigenvalue weighted by molar-refractivity contribution is 14.1. The van der Waals surface area contributed by atoms with Crippen molar-refractivity contribution in [3.8, 4) is 11.5 Å². The molecule has 1 aliphatic heterocycles. The molecule has 2 aromatic rings. The molecule has 0 radical (unpaired) electrons. The highest BCUT2D eigenvalue weighted by Crippen LogP contribution is 2.43. The Morgan fingerprint density at radius 1 is 1.22 bits per heavy atom. The molecule has 1 aliphatic carbocycles. The highest BCUT2D eigenvalue weighted by atomic mass is 127. The topological polar surface area (TPSA) is 93.9 Å². The van der Waals surface area contributed by atoms with Gasteiger partial charge in [-0.3, -0.25) is 9.59 Å². The lowest BCUT2D eigenvalue weighted by molar-refractivity contribution is -0.129. The molecule has 9 heteroatoms. The van der Waals surface area contributed by atoms with Crippen molar-refractivity contribution in [1.82, 2.24) is 4.90 Å². The van der Waals surface area contributed by atoms with E-state index in [-0.39, 0.29) is 24.1 Å². The fourth-order valence-corrected chi connectivity index (χ4v) is 6.73. The van der Waals surface area contributed by atoms with Gasteiger partial charge in [-0.25, -0.2) is 0 Å². The summed E-state index contributed by atoms with van der Waals surface area (Å²) in [6.45, 7) is 4.35. The van der Waals surface area contributed by atoms with E-state index in [4.69, 9.17) is 15.2 Å². The lowest BCUT2D eigenvalue weighted by atomic mass is 9.85. The molecule has 3 atom stereocenters. The van der Waals surface area contributed by atoms with Crippen LogP contribution in [-0.2, 0) is 9.59 Å². The average Bonchev–Trinajstić information content (AvgIpc) is 3.13. The first-order valence-electron chi connectivity index (χ1n) is 12.3. The number of primary amides is 1. The number of nitrogens with one attached hydrogen (secondary N) is 1. The summed E-state index contributed by atoms with van der Waals surface area (Å²) in [6, 6.07) is 14.0. The molecule has 3 N–H and O–H groups in total. The van der Waals surface area contributed by atoms with Crippen molar-refractivity contribution >= 4 is 57.9 Å². The predicted octanol–water partition coefficient (Wildman–Crippen LogP) is 5.44. The Morgan fingerprint density at radius 3 is 2.67 bits per heavy atom. The summed E-state index contributed by atoms with van der Waals surface area (Å²) in [7, 11) is 0. The molecule has 7 nitrogen and oxygen atoms in total. The molecule has 2 aliphatic rings. The molecule has 1 heterocycles. The Bertz CT molecular complexity index is 1130. The molecule has 2 aromatic carbocycles. The maximum Gasteiger partial charge on any atom is 0.262 e. The van der Waals surface area contributed by atoms with Gasteiger partial charge in [0.15, 0.2) is 23.6 Å². The molecule has 1 saturated heterocycles. The summed E-state index contributed by atoms with van der Waals surface area (Å²) in [6.07, 6.45) is 6.44. The summed E-state index contributed by atoms with van der Waals surface area (Å²) >= 11 is 3.70. The van der Waals surface area contributed by atoms with Gasteiger partial charge < -0.3 is 25.4 Å². The maximum absolute atomic E-state index is 13.8. The number of carbonyl (C=O) groups excluding carboxylic acids is 2. The lowest BCUT2D eigenvalue weighted by Crippen LogP contribution is -2.48. The van der Waals surface area contributed by atoms with Gasteiger partial charge in [-0.05, 0) is 84.2 Å². The maximum atomic E-state index is 13.8. The standard InChI is InChI=1S/C27H32IN3O4S/c1-3-34-22-14-18(13-20(28)25(22)35-16-24(29)32)15-23-26(33)31(21-12-8-7-9-17(21)2)27(36-23)30-19-10-5-4-6-11-19/h4-6,10-11,13-15,17,21,27,30H,3,7-9,12,16H2,1-2H3,(H2,29,32)/b23-15-/t17-,21+,27?/m1/s1. The first kappa shape index (κ1) is 26.7. The van der Waals surface area contributed by atoms with Crippen LogP contribution in [0.15, 0.2) is 47.4 Å². The fraction of sp³-hybridized carbons (Fsp3) is 0.407. The number of amides is 2. The third-order valence-corrected chi connectivity index (χ3v) is 8.33. The molecule has 0 aromatic heterocycles. The summed E-state index contributed by atoms with van der Waals surface area (Å²) in [5.74, 6) is 0.945. The molecule has 1 saturated carbocycles. The number of rotatable bonds is 9. The van der Waals surface area contributed by atoms with Gasteiger partial charge in [0.1, 0.15) is 0 Å². The van der Waals surface area contributed by atoms with Crippen molar-refractivity contribution in [3.05, 3.63) is 56.5 Å². The number of anilines is 1. The van der Waals surface area contributed by atoms with Crippen LogP contribution in [0.5, 0.6) is 11.5 Å². The third-order valence-electron chi connectivity index (χ3n) is 6.41. The van der Waals surface area contributed by atoms with Gasteiger partial charge in [-0.1, -0.05) is 49.7 Å². The summed E-state index contributed by atoms with van der Waals surface area (Å²) in [5.41, 5.74) is 6.90. The predicted molar refractivity (Wildman–Crippen MR) is 153 cm³/mol. The molecular formula is C27H32IN3O4S. The molecule has 4 rings (SSSR count). The van der Waals surface area contributed by atoms with E-state index in [0.717, 1.165) is 34.1 Å². The van der Waals surface area contributed by atoms with Gasteiger partial charge >= 0.3 is 0 Å². The number of para-hydroxylation sites is 1.